The second-order valence-electron chi connectivity index (χ2n) is 7.79. The van der Waals surface area contributed by atoms with Crippen molar-refractivity contribution in [2.24, 2.45) is 11.8 Å². The van der Waals surface area contributed by atoms with Gasteiger partial charge >= 0.3 is 0 Å². The standard InChI is InChI=1S/C20H24FN3O3S/c1-4-10(2)24-17(25)15-14(7-8-28-3)23-20(16(15)18(24)26)12-9-11(21)5-6-13(12)22-19(20)27/h5-6,9-10,14-16,23H,4,7-8H2,1-3H3,(H,22,27)/t10-,14+,15+,16-,20-/m0/s1. The number of hydrogen-bond acceptors (Lipinski definition) is 5. The highest BCUT2D eigenvalue weighted by Crippen LogP contribution is 2.53. The van der Waals surface area contributed by atoms with Crippen molar-refractivity contribution in [3.05, 3.63) is 29.6 Å². The van der Waals surface area contributed by atoms with E-state index in [9.17, 15) is 18.8 Å². The first kappa shape index (κ1) is 19.4. The van der Waals surface area contributed by atoms with E-state index in [1.165, 1.54) is 23.1 Å². The van der Waals surface area contributed by atoms with E-state index in [1.54, 1.807) is 11.8 Å². The molecule has 4 rings (SSSR count). The molecule has 3 amide bonds. The molecule has 0 saturated carbocycles. The van der Waals surface area contributed by atoms with Crippen molar-refractivity contribution in [2.45, 2.75) is 44.3 Å². The molecular formula is C20H24FN3O3S. The Labute approximate surface area is 167 Å². The first-order valence-corrected chi connectivity index (χ1v) is 11.0. The van der Waals surface area contributed by atoms with Crippen LogP contribution in [0.5, 0.6) is 0 Å². The Bertz CT molecular complexity index is 863. The number of carbonyl (C=O) groups is 3. The molecule has 2 fully saturated rings. The predicted molar refractivity (Wildman–Crippen MR) is 105 cm³/mol. The van der Waals surface area contributed by atoms with Crippen molar-refractivity contribution in [3.63, 3.8) is 0 Å². The zero-order valence-electron chi connectivity index (χ0n) is 16.1. The van der Waals surface area contributed by atoms with Gasteiger partial charge in [-0.2, -0.15) is 11.8 Å². The van der Waals surface area contributed by atoms with Crippen LogP contribution < -0.4 is 10.6 Å². The third-order valence-electron chi connectivity index (χ3n) is 6.38. The number of thioether (sulfide) groups is 1. The van der Waals surface area contributed by atoms with Crippen molar-refractivity contribution in [3.8, 4) is 0 Å². The van der Waals surface area contributed by atoms with Crippen LogP contribution in [0, 0.1) is 17.7 Å². The SMILES string of the molecule is CC[C@H](C)N1C(=O)[C@H]2[C@@H](C1=O)[C@]1(N[C@@H]2CCSC)C(=O)Nc2ccc(F)cc21. The van der Waals surface area contributed by atoms with Gasteiger partial charge in [0.15, 0.2) is 0 Å². The number of halogens is 1. The third kappa shape index (κ3) is 2.47. The lowest BCUT2D eigenvalue weighted by molar-refractivity contribution is -0.145. The first-order chi connectivity index (χ1) is 13.4. The Balaban J connectivity index is 1.86. The van der Waals surface area contributed by atoms with Gasteiger partial charge in [0.2, 0.25) is 17.7 Å². The Morgan fingerprint density at radius 3 is 2.71 bits per heavy atom. The number of benzene rings is 1. The zero-order chi connectivity index (χ0) is 20.2. The minimum atomic E-state index is -1.40. The van der Waals surface area contributed by atoms with Crippen molar-refractivity contribution in [1.82, 2.24) is 10.2 Å². The Hall–Kier alpha value is -1.93. The van der Waals surface area contributed by atoms with Crippen molar-refractivity contribution < 1.29 is 18.8 Å². The predicted octanol–water partition coefficient (Wildman–Crippen LogP) is 2.10. The largest absolute Gasteiger partial charge is 0.324 e. The molecule has 8 heteroatoms. The summed E-state index contributed by atoms with van der Waals surface area (Å²) in [6.45, 7) is 3.77. The monoisotopic (exact) mass is 405 g/mol. The molecule has 2 N–H and O–H groups in total. The summed E-state index contributed by atoms with van der Waals surface area (Å²) in [5, 5.41) is 6.10. The maximum atomic E-state index is 14.1. The second kappa shape index (κ2) is 6.84. The van der Waals surface area contributed by atoms with Gasteiger partial charge in [0.1, 0.15) is 11.4 Å². The van der Waals surface area contributed by atoms with Crippen LogP contribution in [0.4, 0.5) is 10.1 Å². The van der Waals surface area contributed by atoms with Gasteiger partial charge in [0, 0.05) is 23.3 Å². The van der Waals surface area contributed by atoms with Gasteiger partial charge in [-0.25, -0.2) is 4.39 Å². The van der Waals surface area contributed by atoms with E-state index in [4.69, 9.17) is 0 Å². The fourth-order valence-electron chi connectivity index (χ4n) is 4.91. The maximum absolute atomic E-state index is 14.1. The van der Waals surface area contributed by atoms with E-state index < -0.39 is 23.2 Å². The maximum Gasteiger partial charge on any atom is 0.250 e. The summed E-state index contributed by atoms with van der Waals surface area (Å²) >= 11 is 1.65. The molecule has 150 valence electrons. The molecule has 0 aromatic heterocycles. The molecular weight excluding hydrogens is 381 g/mol. The Morgan fingerprint density at radius 2 is 2.04 bits per heavy atom. The van der Waals surface area contributed by atoms with E-state index in [0.29, 0.717) is 24.1 Å². The van der Waals surface area contributed by atoms with E-state index >= 15 is 0 Å². The zero-order valence-corrected chi connectivity index (χ0v) is 16.9. The normalized spacial score (nSPS) is 32.1. The summed E-state index contributed by atoms with van der Waals surface area (Å²) in [5.41, 5.74) is -0.489. The van der Waals surface area contributed by atoms with Gasteiger partial charge in [0.05, 0.1) is 11.8 Å². The Kier molecular flexibility index (Phi) is 4.74. The average Bonchev–Trinajstić information content (AvgIpc) is 3.25. The van der Waals surface area contributed by atoms with Crippen LogP contribution in [0.1, 0.15) is 32.3 Å². The lowest BCUT2D eigenvalue weighted by Gasteiger charge is -2.31. The molecule has 2 saturated heterocycles. The molecule has 1 aromatic carbocycles. The minimum absolute atomic E-state index is 0.225. The lowest BCUT2D eigenvalue weighted by Crippen LogP contribution is -2.54. The molecule has 0 radical (unpaired) electrons. The summed E-state index contributed by atoms with van der Waals surface area (Å²) in [4.78, 5) is 41.1. The highest BCUT2D eigenvalue weighted by molar-refractivity contribution is 7.98. The summed E-state index contributed by atoms with van der Waals surface area (Å²) in [7, 11) is 0. The molecule has 5 atom stereocenters. The number of fused-ring (bicyclic) bond motifs is 4. The molecule has 6 nitrogen and oxygen atoms in total. The van der Waals surface area contributed by atoms with Crippen LogP contribution in [0.25, 0.3) is 0 Å². The highest BCUT2D eigenvalue weighted by Gasteiger charge is 2.70. The quantitative estimate of drug-likeness (QED) is 0.734. The molecule has 1 spiro atoms. The second-order valence-corrected chi connectivity index (χ2v) is 8.78. The van der Waals surface area contributed by atoms with Crippen molar-refractivity contribution >= 4 is 35.2 Å². The fraction of sp³-hybridized carbons (Fsp3) is 0.550. The van der Waals surface area contributed by atoms with E-state index in [-0.39, 0.29) is 29.8 Å². The first-order valence-electron chi connectivity index (χ1n) is 9.61. The van der Waals surface area contributed by atoms with Gasteiger partial charge in [-0.15, -0.1) is 0 Å². The van der Waals surface area contributed by atoms with Crippen molar-refractivity contribution in [1.29, 1.82) is 0 Å². The number of hydrogen-bond donors (Lipinski definition) is 2. The van der Waals surface area contributed by atoms with Crippen LogP contribution in [0.15, 0.2) is 18.2 Å². The van der Waals surface area contributed by atoms with E-state index in [1.807, 2.05) is 20.1 Å². The molecule has 3 aliphatic heterocycles. The van der Waals surface area contributed by atoms with Gasteiger partial charge in [0.25, 0.3) is 0 Å². The number of imide groups is 1. The fourth-order valence-corrected chi connectivity index (χ4v) is 5.40. The van der Waals surface area contributed by atoms with E-state index in [0.717, 1.165) is 5.75 Å². The van der Waals surface area contributed by atoms with Crippen LogP contribution in [-0.4, -0.2) is 46.7 Å². The van der Waals surface area contributed by atoms with Crippen LogP contribution in [0.2, 0.25) is 0 Å². The van der Waals surface area contributed by atoms with E-state index in [2.05, 4.69) is 10.6 Å². The summed E-state index contributed by atoms with van der Waals surface area (Å²) < 4.78 is 14.1. The van der Waals surface area contributed by atoms with Gasteiger partial charge in [-0.3, -0.25) is 24.6 Å². The van der Waals surface area contributed by atoms with Gasteiger partial charge < -0.3 is 5.32 Å². The third-order valence-corrected chi connectivity index (χ3v) is 7.02. The van der Waals surface area contributed by atoms with Crippen LogP contribution in [-0.2, 0) is 19.9 Å². The topological polar surface area (TPSA) is 78.5 Å². The number of nitrogens with zero attached hydrogens (tertiary/aromatic N) is 1. The van der Waals surface area contributed by atoms with Crippen LogP contribution in [0.3, 0.4) is 0 Å². The van der Waals surface area contributed by atoms with Crippen molar-refractivity contribution in [2.75, 3.05) is 17.3 Å². The lowest BCUT2D eigenvalue weighted by atomic mass is 9.76. The highest BCUT2D eigenvalue weighted by atomic mass is 32.2. The minimum Gasteiger partial charge on any atom is -0.324 e. The summed E-state index contributed by atoms with van der Waals surface area (Å²) in [6.07, 6.45) is 3.27. The molecule has 0 aliphatic carbocycles. The smallest absolute Gasteiger partial charge is 0.250 e. The van der Waals surface area contributed by atoms with Gasteiger partial charge in [-0.05, 0) is 50.0 Å². The molecule has 1 aromatic rings. The Morgan fingerprint density at radius 1 is 1.29 bits per heavy atom. The molecule has 3 aliphatic rings. The van der Waals surface area contributed by atoms with Crippen LogP contribution >= 0.6 is 11.8 Å². The molecule has 3 heterocycles. The number of carbonyl (C=O) groups excluding carboxylic acids is 3. The number of rotatable bonds is 5. The molecule has 0 unspecified atom stereocenters. The number of amides is 3. The molecule has 28 heavy (non-hydrogen) atoms. The summed E-state index contributed by atoms with van der Waals surface area (Å²) in [5.74, 6) is -2.11. The molecule has 0 bridgehead atoms. The number of likely N-dealkylation sites (tertiary alicyclic amines) is 1. The van der Waals surface area contributed by atoms with Gasteiger partial charge in [-0.1, -0.05) is 6.92 Å². The average molecular weight is 405 g/mol. The number of nitrogens with one attached hydrogen (secondary N) is 2. The summed E-state index contributed by atoms with van der Waals surface area (Å²) in [6, 6.07) is 3.54. The number of anilines is 1.